The van der Waals surface area contributed by atoms with Gasteiger partial charge in [-0.2, -0.15) is 4.31 Å². The van der Waals surface area contributed by atoms with Gasteiger partial charge in [0.05, 0.1) is 11.5 Å². The molecule has 4 aromatic rings. The molecule has 0 saturated heterocycles. The van der Waals surface area contributed by atoms with Gasteiger partial charge in [-0.3, -0.25) is 0 Å². The van der Waals surface area contributed by atoms with E-state index in [9.17, 15) is 13.2 Å². The number of ether oxygens (including phenoxy) is 1. The molecule has 0 radical (unpaired) electrons. The van der Waals surface area contributed by atoms with E-state index in [2.05, 4.69) is 0 Å². The topological polar surface area (TPSA) is 76.8 Å². The van der Waals surface area contributed by atoms with Gasteiger partial charge in [0.15, 0.2) is 0 Å². The van der Waals surface area contributed by atoms with Crippen molar-refractivity contribution in [2.75, 3.05) is 13.2 Å². The van der Waals surface area contributed by atoms with Crippen LogP contribution in [0.1, 0.15) is 39.7 Å². The van der Waals surface area contributed by atoms with Crippen molar-refractivity contribution in [1.82, 2.24) is 4.31 Å². The average Bonchev–Trinajstić information content (AvgIpc) is 3.18. The molecule has 0 saturated carbocycles. The summed E-state index contributed by atoms with van der Waals surface area (Å²) in [5, 5.41) is 0.577. The van der Waals surface area contributed by atoms with Gasteiger partial charge < -0.3 is 9.15 Å². The van der Waals surface area contributed by atoms with Crippen molar-refractivity contribution in [2.24, 2.45) is 0 Å². The summed E-state index contributed by atoms with van der Waals surface area (Å²) in [5.41, 5.74) is 4.07. The van der Waals surface area contributed by atoms with Crippen molar-refractivity contribution in [3.05, 3.63) is 101 Å². The first kappa shape index (κ1) is 24.7. The summed E-state index contributed by atoms with van der Waals surface area (Å²) in [6, 6.07) is 22.4. The van der Waals surface area contributed by atoms with Crippen LogP contribution in [-0.2, 0) is 27.7 Å². The standard InChI is InChI=1S/C28H29NO5S/c1-4-33-28(30)27-21(3)25-18-24(13-14-26(25)34-27)35(31,32)29(16-15-22-10-6-5-7-11-22)19-23-12-8-9-20(2)17-23/h5-14,17-18H,4,15-16,19H2,1-3H3. The van der Waals surface area contributed by atoms with Crippen LogP contribution in [0.4, 0.5) is 0 Å². The van der Waals surface area contributed by atoms with Crippen molar-refractivity contribution in [3.63, 3.8) is 0 Å². The van der Waals surface area contributed by atoms with E-state index in [1.54, 1.807) is 26.0 Å². The first-order chi connectivity index (χ1) is 16.8. The quantitative estimate of drug-likeness (QED) is 0.282. The summed E-state index contributed by atoms with van der Waals surface area (Å²) >= 11 is 0. The first-order valence-electron chi connectivity index (χ1n) is 11.6. The second kappa shape index (κ2) is 10.5. The summed E-state index contributed by atoms with van der Waals surface area (Å²) in [7, 11) is -3.84. The van der Waals surface area contributed by atoms with E-state index in [0.29, 0.717) is 29.5 Å². The number of furan rings is 1. The lowest BCUT2D eigenvalue weighted by Crippen LogP contribution is -2.32. The number of aryl methyl sites for hydroxylation is 2. The summed E-state index contributed by atoms with van der Waals surface area (Å²) in [4.78, 5) is 12.4. The molecule has 0 aliphatic carbocycles. The molecule has 4 rings (SSSR count). The van der Waals surface area contributed by atoms with E-state index in [-0.39, 0.29) is 23.8 Å². The lowest BCUT2D eigenvalue weighted by Gasteiger charge is -2.23. The van der Waals surface area contributed by atoms with Crippen LogP contribution in [0.5, 0.6) is 0 Å². The first-order valence-corrected chi connectivity index (χ1v) is 13.0. The van der Waals surface area contributed by atoms with Crippen molar-refractivity contribution in [3.8, 4) is 0 Å². The van der Waals surface area contributed by atoms with Crippen molar-refractivity contribution >= 4 is 27.0 Å². The maximum absolute atomic E-state index is 13.8. The third-order valence-electron chi connectivity index (χ3n) is 5.94. The lowest BCUT2D eigenvalue weighted by molar-refractivity contribution is 0.0491. The number of hydrogen-bond donors (Lipinski definition) is 0. The van der Waals surface area contributed by atoms with E-state index in [1.165, 1.54) is 10.4 Å². The molecule has 6 nitrogen and oxygen atoms in total. The largest absolute Gasteiger partial charge is 0.460 e. The molecule has 0 bridgehead atoms. The predicted molar refractivity (Wildman–Crippen MR) is 136 cm³/mol. The number of rotatable bonds is 9. The molecule has 0 fully saturated rings. The molecule has 0 unspecified atom stereocenters. The molecular formula is C28H29NO5S. The zero-order chi connectivity index (χ0) is 25.0. The average molecular weight is 492 g/mol. The van der Waals surface area contributed by atoms with Gasteiger partial charge in [-0.1, -0.05) is 60.2 Å². The molecule has 0 aliphatic rings. The number of sulfonamides is 1. The summed E-state index contributed by atoms with van der Waals surface area (Å²) in [6.07, 6.45) is 0.589. The monoisotopic (exact) mass is 491 g/mol. The van der Waals surface area contributed by atoms with Crippen LogP contribution in [0, 0.1) is 13.8 Å². The Hall–Kier alpha value is -3.42. The SMILES string of the molecule is CCOC(=O)c1oc2ccc(S(=O)(=O)N(CCc3ccccc3)Cc3cccc(C)c3)cc2c1C. The number of carbonyl (C=O) groups excluding carboxylic acids is 1. The summed E-state index contributed by atoms with van der Waals surface area (Å²) < 4.78 is 39.9. The van der Waals surface area contributed by atoms with Gasteiger partial charge >= 0.3 is 5.97 Å². The maximum atomic E-state index is 13.8. The van der Waals surface area contributed by atoms with Gasteiger partial charge in [0, 0.05) is 24.0 Å². The van der Waals surface area contributed by atoms with Gasteiger partial charge in [0.1, 0.15) is 5.58 Å². The Morgan fingerprint density at radius 1 is 0.943 bits per heavy atom. The number of hydrogen-bond acceptors (Lipinski definition) is 5. The van der Waals surface area contributed by atoms with Crippen molar-refractivity contribution < 1.29 is 22.4 Å². The highest BCUT2D eigenvalue weighted by Crippen LogP contribution is 2.30. The van der Waals surface area contributed by atoms with Gasteiger partial charge in [-0.25, -0.2) is 13.2 Å². The number of nitrogens with zero attached hydrogens (tertiary/aromatic N) is 1. The third kappa shape index (κ3) is 5.47. The summed E-state index contributed by atoms with van der Waals surface area (Å²) in [6.45, 7) is 6.25. The van der Waals surface area contributed by atoms with Crippen molar-refractivity contribution in [1.29, 1.82) is 0 Å². The molecule has 7 heteroatoms. The number of fused-ring (bicyclic) bond motifs is 1. The van der Waals surface area contributed by atoms with E-state index in [4.69, 9.17) is 9.15 Å². The molecule has 1 heterocycles. The molecule has 0 aliphatic heterocycles. The molecule has 0 atom stereocenters. The Morgan fingerprint density at radius 2 is 1.69 bits per heavy atom. The minimum Gasteiger partial charge on any atom is -0.460 e. The fourth-order valence-electron chi connectivity index (χ4n) is 4.10. The van der Waals surface area contributed by atoms with E-state index < -0.39 is 16.0 Å². The highest BCUT2D eigenvalue weighted by atomic mass is 32.2. The Labute approximate surface area is 206 Å². The van der Waals surface area contributed by atoms with Gasteiger partial charge in [0.2, 0.25) is 15.8 Å². The Bertz CT molecular complexity index is 1440. The number of benzene rings is 3. The second-order valence-electron chi connectivity index (χ2n) is 8.50. The number of esters is 1. The smallest absolute Gasteiger partial charge is 0.374 e. The highest BCUT2D eigenvalue weighted by molar-refractivity contribution is 7.89. The normalized spacial score (nSPS) is 11.8. The van der Waals surface area contributed by atoms with E-state index in [0.717, 1.165) is 16.7 Å². The minimum absolute atomic E-state index is 0.0945. The van der Waals surface area contributed by atoms with Crippen LogP contribution >= 0.6 is 0 Å². The molecule has 0 spiro atoms. The number of carbonyl (C=O) groups is 1. The molecule has 3 aromatic carbocycles. The van der Waals surface area contributed by atoms with E-state index >= 15 is 0 Å². The van der Waals surface area contributed by atoms with Gasteiger partial charge in [-0.05, 0) is 56.5 Å². The Balaban J connectivity index is 1.70. The Kier molecular flexibility index (Phi) is 7.38. The molecule has 0 amide bonds. The molecule has 35 heavy (non-hydrogen) atoms. The zero-order valence-corrected chi connectivity index (χ0v) is 21.0. The minimum atomic E-state index is -3.84. The fraction of sp³-hybridized carbons (Fsp3) is 0.250. The van der Waals surface area contributed by atoms with Crippen LogP contribution in [-0.4, -0.2) is 31.8 Å². The van der Waals surface area contributed by atoms with Gasteiger partial charge in [0.25, 0.3) is 0 Å². The van der Waals surface area contributed by atoms with Crippen LogP contribution in [0.3, 0.4) is 0 Å². The second-order valence-corrected chi connectivity index (χ2v) is 10.4. The predicted octanol–water partition coefficient (Wildman–Crippen LogP) is 5.66. The lowest BCUT2D eigenvalue weighted by atomic mass is 10.1. The van der Waals surface area contributed by atoms with Gasteiger partial charge in [-0.15, -0.1) is 0 Å². The third-order valence-corrected chi connectivity index (χ3v) is 7.78. The fourth-order valence-corrected chi connectivity index (χ4v) is 5.55. The van der Waals surface area contributed by atoms with Crippen molar-refractivity contribution in [2.45, 2.75) is 38.6 Å². The molecule has 1 aromatic heterocycles. The molecule has 182 valence electrons. The molecule has 0 N–H and O–H groups in total. The highest BCUT2D eigenvalue weighted by Gasteiger charge is 2.27. The van der Waals surface area contributed by atoms with Crippen LogP contribution in [0.25, 0.3) is 11.0 Å². The Morgan fingerprint density at radius 3 is 2.40 bits per heavy atom. The van der Waals surface area contributed by atoms with Crippen LogP contribution in [0.2, 0.25) is 0 Å². The maximum Gasteiger partial charge on any atom is 0.374 e. The van der Waals surface area contributed by atoms with Crippen LogP contribution in [0.15, 0.2) is 82.1 Å². The molecular weight excluding hydrogens is 462 g/mol. The zero-order valence-electron chi connectivity index (χ0n) is 20.2. The summed E-state index contributed by atoms with van der Waals surface area (Å²) in [5.74, 6) is -0.466. The van der Waals surface area contributed by atoms with E-state index in [1.807, 2.05) is 61.5 Å². The van der Waals surface area contributed by atoms with Crippen LogP contribution < -0.4 is 0 Å².